The number of hydrogen-bond acceptors (Lipinski definition) is 6. The van der Waals surface area contributed by atoms with Crippen molar-refractivity contribution in [2.45, 2.75) is 29.4 Å². The topological polar surface area (TPSA) is 151 Å². The Bertz CT molecular complexity index is 939. The number of aliphatic hydroxyl groups excluding tert-OH is 1. The number of aliphatic hydroxyl groups is 1. The van der Waals surface area contributed by atoms with Crippen LogP contribution in [-0.2, 0) is 19.4 Å². The minimum atomic E-state index is -5.38. The predicted molar refractivity (Wildman–Crippen MR) is 85.9 cm³/mol. The molecule has 0 amide bonds. The lowest BCUT2D eigenvalue weighted by molar-refractivity contribution is -0.219. The maximum atomic E-state index is 15.0. The minimum absolute atomic E-state index is 0.378. The van der Waals surface area contributed by atoms with Crippen LogP contribution in [0, 0.1) is 12.3 Å². The van der Waals surface area contributed by atoms with Crippen LogP contribution in [0.25, 0.3) is 0 Å². The highest BCUT2D eigenvalue weighted by Crippen LogP contribution is 2.50. The quantitative estimate of drug-likeness (QED) is 0.243. The Labute approximate surface area is 149 Å². The summed E-state index contributed by atoms with van der Waals surface area (Å²) in [6.07, 6.45) is 2.64. The van der Waals surface area contributed by atoms with Crippen molar-refractivity contribution in [1.82, 2.24) is 9.55 Å². The molecule has 0 saturated carbocycles. The van der Waals surface area contributed by atoms with Gasteiger partial charge in [-0.15, -0.1) is 6.42 Å². The summed E-state index contributed by atoms with van der Waals surface area (Å²) in [6.45, 7) is 0. The standard InChI is InChI=1S/C11H9B3FN2O8P/c1-2-5-4-17(8(20)16-7(5)19)10(12)6(18)3-9(15,24-10)11(13,14)25-26(21,22)23/h1,4,6,18H,3H2,(H,16,19,20)(H2,21,22,23)/t6-,9+,10+/m1/s1. The smallest absolute Gasteiger partial charge is 0.389 e. The normalized spacial score (nSPS) is 29.4. The van der Waals surface area contributed by atoms with Gasteiger partial charge in [-0.1, -0.05) is 5.92 Å². The van der Waals surface area contributed by atoms with E-state index in [1.165, 1.54) is 0 Å². The van der Waals surface area contributed by atoms with Crippen LogP contribution in [0.2, 0.25) is 0 Å². The van der Waals surface area contributed by atoms with Crippen LogP contribution in [0.5, 0.6) is 0 Å². The molecule has 1 fully saturated rings. The van der Waals surface area contributed by atoms with Gasteiger partial charge in [0.2, 0.25) is 5.85 Å². The van der Waals surface area contributed by atoms with E-state index >= 15 is 4.39 Å². The SMILES string of the molecule is [B]C([B])(OP(=O)(O)O)[C@]1(F)C[C@@H](O)[C@]([B])(n2cc(C#C)c(=O)[nH]c2=O)O1. The molecule has 2 rings (SSSR count). The van der Waals surface area contributed by atoms with Gasteiger partial charge in [0.25, 0.3) is 5.56 Å². The molecule has 0 unspecified atom stereocenters. The maximum absolute atomic E-state index is 15.0. The average molecular weight is 380 g/mol. The van der Waals surface area contributed by atoms with Gasteiger partial charge in [0.15, 0.2) is 0 Å². The first-order chi connectivity index (χ1) is 11.7. The molecule has 2 heterocycles. The van der Waals surface area contributed by atoms with Gasteiger partial charge < -0.3 is 19.6 Å². The fraction of sp³-hybridized carbons (Fsp3) is 0.455. The van der Waals surface area contributed by atoms with Crippen molar-refractivity contribution in [3.8, 4) is 12.3 Å². The van der Waals surface area contributed by atoms with E-state index in [9.17, 15) is 19.3 Å². The highest BCUT2D eigenvalue weighted by atomic mass is 31.2. The Morgan fingerprint density at radius 2 is 2.12 bits per heavy atom. The molecule has 4 N–H and O–H groups in total. The number of nitrogens with zero attached hydrogens (tertiary/aromatic N) is 1. The van der Waals surface area contributed by atoms with Gasteiger partial charge in [-0.2, -0.15) is 0 Å². The zero-order valence-electron chi connectivity index (χ0n) is 12.8. The second kappa shape index (κ2) is 6.23. The number of terminal acetylenes is 1. The number of nitrogens with one attached hydrogen (secondary N) is 1. The first-order valence-electron chi connectivity index (χ1n) is 6.68. The molecule has 1 saturated heterocycles. The van der Waals surface area contributed by atoms with Crippen molar-refractivity contribution in [2.75, 3.05) is 0 Å². The Hall–Kier alpha value is -1.61. The van der Waals surface area contributed by atoms with E-state index in [-0.39, 0.29) is 0 Å². The van der Waals surface area contributed by atoms with Gasteiger partial charge >= 0.3 is 13.5 Å². The summed E-state index contributed by atoms with van der Waals surface area (Å²) in [7, 11) is 10.8. The third-order valence-electron chi connectivity index (χ3n) is 3.59. The third kappa shape index (κ3) is 3.46. The van der Waals surface area contributed by atoms with Crippen molar-refractivity contribution in [3.63, 3.8) is 0 Å². The molecule has 10 nitrogen and oxygen atoms in total. The summed E-state index contributed by atoms with van der Waals surface area (Å²) < 4.78 is 35.1. The van der Waals surface area contributed by atoms with Gasteiger partial charge in [0.05, 0.1) is 11.5 Å². The Morgan fingerprint density at radius 3 is 2.62 bits per heavy atom. The van der Waals surface area contributed by atoms with E-state index in [0.29, 0.717) is 10.8 Å². The van der Waals surface area contributed by atoms with Crippen molar-refractivity contribution in [1.29, 1.82) is 0 Å². The van der Waals surface area contributed by atoms with Gasteiger partial charge in [-0.25, -0.2) is 13.8 Å². The lowest BCUT2D eigenvalue weighted by Gasteiger charge is -2.39. The molecule has 0 spiro atoms. The van der Waals surface area contributed by atoms with E-state index in [2.05, 4.69) is 4.52 Å². The second-order valence-corrected chi connectivity index (χ2v) is 6.66. The molecular weight excluding hydrogens is 371 g/mol. The lowest BCUT2D eigenvalue weighted by Crippen LogP contribution is -2.56. The summed E-state index contributed by atoms with van der Waals surface area (Å²) in [4.78, 5) is 42.8. The minimum Gasteiger partial charge on any atom is -0.389 e. The van der Waals surface area contributed by atoms with Crippen LogP contribution in [0.4, 0.5) is 4.39 Å². The van der Waals surface area contributed by atoms with E-state index in [4.69, 9.17) is 44.5 Å². The van der Waals surface area contributed by atoms with Crippen molar-refractivity contribution >= 4 is 31.4 Å². The van der Waals surface area contributed by atoms with E-state index < -0.39 is 54.0 Å². The summed E-state index contributed by atoms with van der Waals surface area (Å²) in [5, 5.41) is 6.83. The van der Waals surface area contributed by atoms with E-state index in [1.54, 1.807) is 4.98 Å². The number of halogens is 1. The zero-order valence-corrected chi connectivity index (χ0v) is 13.7. The highest BCUT2D eigenvalue weighted by Gasteiger charge is 2.62. The molecule has 1 aromatic rings. The lowest BCUT2D eigenvalue weighted by atomic mass is 9.60. The van der Waals surface area contributed by atoms with E-state index in [1.807, 2.05) is 5.92 Å². The summed E-state index contributed by atoms with van der Waals surface area (Å²) in [6, 6.07) is 0. The number of H-pyrrole nitrogens is 1. The van der Waals surface area contributed by atoms with Gasteiger partial charge in [0, 0.05) is 12.6 Å². The fourth-order valence-corrected chi connectivity index (χ4v) is 2.84. The molecule has 1 aliphatic heterocycles. The number of aromatic nitrogens is 2. The predicted octanol–water partition coefficient (Wildman–Crippen LogP) is -3.16. The van der Waals surface area contributed by atoms with Crippen molar-refractivity contribution in [2.24, 2.45) is 0 Å². The number of rotatable bonds is 4. The van der Waals surface area contributed by atoms with Crippen LogP contribution in [0.3, 0.4) is 0 Å². The molecule has 3 atom stereocenters. The molecule has 1 aliphatic rings. The van der Waals surface area contributed by atoms with Crippen LogP contribution in [-0.4, -0.2) is 65.3 Å². The number of phosphoric ester groups is 1. The Morgan fingerprint density at radius 1 is 1.54 bits per heavy atom. The third-order valence-corrected chi connectivity index (χ3v) is 4.13. The molecule has 26 heavy (non-hydrogen) atoms. The first-order valence-corrected chi connectivity index (χ1v) is 8.21. The zero-order chi connectivity index (χ0) is 20.1. The number of phosphoric acid groups is 1. The Kier molecular flexibility index (Phi) is 4.96. The average Bonchev–Trinajstić information content (AvgIpc) is 2.68. The maximum Gasteiger partial charge on any atom is 0.468 e. The van der Waals surface area contributed by atoms with Crippen LogP contribution in [0.15, 0.2) is 15.8 Å². The molecule has 132 valence electrons. The first kappa shape index (κ1) is 20.7. The number of ether oxygens (including phenoxy) is 1. The molecule has 1 aromatic heterocycles. The molecule has 6 radical (unpaired) electrons. The number of alkyl halides is 1. The van der Waals surface area contributed by atoms with Gasteiger partial charge in [-0.05, 0) is 0 Å². The van der Waals surface area contributed by atoms with Crippen molar-refractivity contribution in [3.05, 3.63) is 32.6 Å². The van der Waals surface area contributed by atoms with Crippen LogP contribution < -0.4 is 11.2 Å². The molecule has 0 aromatic carbocycles. The molecule has 0 aliphatic carbocycles. The summed E-state index contributed by atoms with van der Waals surface area (Å²) in [5.74, 6) is -1.52. The number of aromatic amines is 1. The highest BCUT2D eigenvalue weighted by molar-refractivity contribution is 7.46. The molecule has 0 bridgehead atoms. The Balaban J connectivity index is 2.54. The van der Waals surface area contributed by atoms with E-state index in [0.717, 1.165) is 0 Å². The fourth-order valence-electron chi connectivity index (χ4n) is 2.31. The second-order valence-electron chi connectivity index (χ2n) is 5.49. The summed E-state index contributed by atoms with van der Waals surface area (Å²) >= 11 is 0. The van der Waals surface area contributed by atoms with Crippen molar-refractivity contribution < 1.29 is 33.1 Å². The largest absolute Gasteiger partial charge is 0.468 e. The van der Waals surface area contributed by atoms with Gasteiger partial charge in [0.1, 0.15) is 34.7 Å². The molecule has 15 heteroatoms. The van der Waals surface area contributed by atoms with Crippen LogP contribution >= 0.6 is 7.82 Å². The van der Waals surface area contributed by atoms with Crippen LogP contribution in [0.1, 0.15) is 12.0 Å². The monoisotopic (exact) mass is 380 g/mol. The summed E-state index contributed by atoms with van der Waals surface area (Å²) in [5.41, 5.74) is -5.27. The van der Waals surface area contributed by atoms with Gasteiger partial charge in [-0.3, -0.25) is 18.9 Å². The molecular formula is C11H9B3FN2O8P. The number of hydrogen-bond donors (Lipinski definition) is 4.